The molecule has 0 amide bonds. The van der Waals surface area contributed by atoms with Crippen molar-refractivity contribution < 1.29 is 0 Å². The largest absolute Gasteiger partial charge is 0.237 e. The predicted octanol–water partition coefficient (Wildman–Crippen LogP) is 2.14. The summed E-state index contributed by atoms with van der Waals surface area (Å²) in [5.41, 5.74) is 1.86. The van der Waals surface area contributed by atoms with E-state index in [0.29, 0.717) is 0 Å². The van der Waals surface area contributed by atoms with Crippen molar-refractivity contribution in [3.8, 4) is 0 Å². The molecule has 86 valence electrons. The third-order valence-electron chi connectivity index (χ3n) is 3.48. The number of nitrogens with zero attached hydrogens (tertiary/aromatic N) is 2. The van der Waals surface area contributed by atoms with E-state index in [9.17, 15) is 0 Å². The van der Waals surface area contributed by atoms with Crippen molar-refractivity contribution in [1.82, 2.24) is 9.97 Å². The van der Waals surface area contributed by atoms with Crippen LogP contribution < -0.4 is 10.4 Å². The molecular weight excluding hydrogens is 220 g/mol. The molecule has 3 aromatic rings. The molecule has 0 spiro atoms. The Hall–Kier alpha value is -2.22. The first-order valence-electron chi connectivity index (χ1n) is 6.26. The van der Waals surface area contributed by atoms with E-state index in [2.05, 4.69) is 46.4 Å². The van der Waals surface area contributed by atoms with Crippen LogP contribution in [0.2, 0.25) is 0 Å². The van der Waals surface area contributed by atoms with E-state index in [-0.39, 0.29) is 0 Å². The Bertz CT molecular complexity index is 805. The van der Waals surface area contributed by atoms with E-state index in [1.54, 1.807) is 6.20 Å². The van der Waals surface area contributed by atoms with Crippen LogP contribution in [0.15, 0.2) is 36.5 Å². The summed E-state index contributed by atoms with van der Waals surface area (Å²) in [7, 11) is 0. The van der Waals surface area contributed by atoms with Gasteiger partial charge in [-0.15, -0.1) is 0 Å². The maximum Gasteiger partial charge on any atom is 0.159 e. The fourth-order valence-corrected chi connectivity index (χ4v) is 2.58. The van der Waals surface area contributed by atoms with Gasteiger partial charge in [-0.3, -0.25) is 0 Å². The summed E-state index contributed by atoms with van der Waals surface area (Å²) in [5.74, 6) is 0. The molecule has 2 aromatic heterocycles. The molecule has 2 heterocycles. The summed E-state index contributed by atoms with van der Waals surface area (Å²) in [4.78, 5) is 8.96. The Kier molecular flexibility index (Phi) is 1.97. The lowest BCUT2D eigenvalue weighted by Crippen LogP contribution is -2.26. The summed E-state index contributed by atoms with van der Waals surface area (Å²) in [5, 5.41) is 4.93. The quantitative estimate of drug-likeness (QED) is 0.555. The topological polar surface area (TPSA) is 25.8 Å². The van der Waals surface area contributed by atoms with Gasteiger partial charge in [0, 0.05) is 17.0 Å². The highest BCUT2D eigenvalue weighted by molar-refractivity contribution is 5.91. The smallest absolute Gasteiger partial charge is 0.159 e. The highest BCUT2D eigenvalue weighted by atomic mass is 14.8. The van der Waals surface area contributed by atoms with Gasteiger partial charge in [0.2, 0.25) is 0 Å². The lowest BCUT2D eigenvalue weighted by molar-refractivity contribution is 1.12. The van der Waals surface area contributed by atoms with Crippen LogP contribution in [0.5, 0.6) is 0 Å². The second-order valence-electron chi connectivity index (χ2n) is 4.70. The van der Waals surface area contributed by atoms with Crippen molar-refractivity contribution in [2.45, 2.75) is 12.8 Å². The average Bonchev–Trinajstić information content (AvgIpc) is 2.42. The van der Waals surface area contributed by atoms with E-state index >= 15 is 0 Å². The van der Waals surface area contributed by atoms with Gasteiger partial charge in [-0.25, -0.2) is 9.97 Å². The SMILES string of the molecule is C1=c2cc3cc4cccnc4nc3cc2=CCC1. The Labute approximate surface area is 104 Å². The molecular formula is C16H12N2. The first-order chi connectivity index (χ1) is 8.90. The van der Waals surface area contributed by atoms with Gasteiger partial charge in [0.15, 0.2) is 5.65 Å². The molecule has 18 heavy (non-hydrogen) atoms. The van der Waals surface area contributed by atoms with Crippen LogP contribution in [0.25, 0.3) is 34.1 Å². The van der Waals surface area contributed by atoms with Crippen molar-refractivity contribution >= 4 is 34.1 Å². The van der Waals surface area contributed by atoms with Crippen LogP contribution in [-0.4, -0.2) is 9.97 Å². The number of rotatable bonds is 0. The molecule has 1 aromatic carbocycles. The number of hydrogen-bond donors (Lipinski definition) is 0. The number of aromatic nitrogens is 2. The van der Waals surface area contributed by atoms with Gasteiger partial charge in [0.25, 0.3) is 0 Å². The fourth-order valence-electron chi connectivity index (χ4n) is 2.58. The molecule has 0 atom stereocenters. The van der Waals surface area contributed by atoms with Gasteiger partial charge in [0.1, 0.15) is 0 Å². The summed E-state index contributed by atoms with van der Waals surface area (Å²) in [6.07, 6.45) is 8.66. The maximum absolute atomic E-state index is 4.64. The third kappa shape index (κ3) is 1.42. The Morgan fingerprint density at radius 2 is 1.72 bits per heavy atom. The van der Waals surface area contributed by atoms with Crippen molar-refractivity contribution in [2.24, 2.45) is 0 Å². The predicted molar refractivity (Wildman–Crippen MR) is 74.5 cm³/mol. The molecule has 0 radical (unpaired) electrons. The van der Waals surface area contributed by atoms with Gasteiger partial charge in [-0.2, -0.15) is 0 Å². The lowest BCUT2D eigenvalue weighted by Gasteiger charge is -2.04. The van der Waals surface area contributed by atoms with Gasteiger partial charge in [-0.1, -0.05) is 12.2 Å². The van der Waals surface area contributed by atoms with E-state index < -0.39 is 0 Å². The molecule has 0 unspecified atom stereocenters. The Morgan fingerprint density at radius 3 is 2.61 bits per heavy atom. The monoisotopic (exact) mass is 232 g/mol. The Balaban J connectivity index is 2.19. The molecule has 2 nitrogen and oxygen atoms in total. The van der Waals surface area contributed by atoms with Crippen LogP contribution in [0.1, 0.15) is 12.8 Å². The molecule has 0 fully saturated rings. The van der Waals surface area contributed by atoms with E-state index in [1.165, 1.54) is 15.8 Å². The van der Waals surface area contributed by atoms with Crippen LogP contribution in [-0.2, 0) is 0 Å². The number of benzene rings is 1. The number of pyridine rings is 2. The van der Waals surface area contributed by atoms with Crippen LogP contribution in [0.4, 0.5) is 0 Å². The molecule has 0 aliphatic heterocycles. The van der Waals surface area contributed by atoms with Gasteiger partial charge in [0.05, 0.1) is 5.52 Å². The first-order valence-corrected chi connectivity index (χ1v) is 6.26. The van der Waals surface area contributed by atoms with Crippen molar-refractivity contribution in [2.75, 3.05) is 0 Å². The lowest BCUT2D eigenvalue weighted by atomic mass is 10.0. The second-order valence-corrected chi connectivity index (χ2v) is 4.70. The molecule has 2 heteroatoms. The highest BCUT2D eigenvalue weighted by Crippen LogP contribution is 2.15. The summed E-state index contributed by atoms with van der Waals surface area (Å²) < 4.78 is 0. The minimum atomic E-state index is 0.824. The van der Waals surface area contributed by atoms with Crippen molar-refractivity contribution in [3.63, 3.8) is 0 Å². The van der Waals surface area contributed by atoms with E-state index in [4.69, 9.17) is 0 Å². The Morgan fingerprint density at radius 1 is 0.889 bits per heavy atom. The zero-order valence-corrected chi connectivity index (χ0v) is 9.93. The first kappa shape index (κ1) is 9.77. The minimum Gasteiger partial charge on any atom is -0.237 e. The molecule has 0 bridgehead atoms. The normalized spacial score (nSPS) is 14.0. The summed E-state index contributed by atoms with van der Waals surface area (Å²) >= 11 is 0. The molecule has 0 saturated carbocycles. The second kappa shape index (κ2) is 3.64. The molecule has 4 rings (SSSR count). The third-order valence-corrected chi connectivity index (χ3v) is 3.48. The van der Waals surface area contributed by atoms with Crippen molar-refractivity contribution in [1.29, 1.82) is 0 Å². The zero-order valence-electron chi connectivity index (χ0n) is 9.93. The van der Waals surface area contributed by atoms with Gasteiger partial charge in [-0.05, 0) is 53.6 Å². The standard InChI is InChI=1S/C16H12N2/c1-2-5-12-10-15-14(8-11(12)4-1)9-13-6-3-7-17-16(13)18-15/h3-10H,1-2H2. The minimum absolute atomic E-state index is 0.824. The fraction of sp³-hybridized carbons (Fsp3) is 0.125. The molecule has 1 aliphatic rings. The number of fused-ring (bicyclic) bond motifs is 3. The summed E-state index contributed by atoms with van der Waals surface area (Å²) in [6.45, 7) is 0. The zero-order chi connectivity index (χ0) is 11.9. The van der Waals surface area contributed by atoms with E-state index in [0.717, 1.165) is 29.4 Å². The maximum atomic E-state index is 4.64. The molecule has 1 aliphatic carbocycles. The van der Waals surface area contributed by atoms with Gasteiger partial charge < -0.3 is 0 Å². The van der Waals surface area contributed by atoms with Crippen molar-refractivity contribution in [3.05, 3.63) is 47.0 Å². The molecule has 0 N–H and O–H groups in total. The highest BCUT2D eigenvalue weighted by Gasteiger charge is 2.02. The van der Waals surface area contributed by atoms with Crippen LogP contribution in [0, 0.1) is 0 Å². The van der Waals surface area contributed by atoms with E-state index in [1.807, 2.05) is 6.07 Å². The van der Waals surface area contributed by atoms with Crippen LogP contribution in [0.3, 0.4) is 0 Å². The molecule has 0 saturated heterocycles. The van der Waals surface area contributed by atoms with Gasteiger partial charge >= 0.3 is 0 Å². The number of hydrogen-bond acceptors (Lipinski definition) is 2. The average molecular weight is 232 g/mol. The summed E-state index contributed by atoms with van der Waals surface area (Å²) in [6, 6.07) is 10.6. The van der Waals surface area contributed by atoms with Crippen LogP contribution >= 0.6 is 0 Å².